The Balaban J connectivity index is 2.31. The normalized spacial score (nSPS) is 22.3. The summed E-state index contributed by atoms with van der Waals surface area (Å²) < 4.78 is 0. The van der Waals surface area contributed by atoms with Gasteiger partial charge in [0.1, 0.15) is 5.69 Å². The molecule has 0 saturated heterocycles. The van der Waals surface area contributed by atoms with Crippen LogP contribution in [0.15, 0.2) is 0 Å². The molecule has 1 aromatic heterocycles. The van der Waals surface area contributed by atoms with Gasteiger partial charge in [0, 0.05) is 6.04 Å². The van der Waals surface area contributed by atoms with E-state index in [4.69, 9.17) is 11.6 Å². The third-order valence-electron chi connectivity index (χ3n) is 4.21. The van der Waals surface area contributed by atoms with Gasteiger partial charge in [-0.3, -0.25) is 10.1 Å². The van der Waals surface area contributed by atoms with Crippen LogP contribution in [0.2, 0.25) is 5.28 Å². The minimum absolute atomic E-state index is 0.0394. The van der Waals surface area contributed by atoms with Crippen LogP contribution in [0.4, 0.5) is 11.5 Å². The Morgan fingerprint density at radius 1 is 1.33 bits per heavy atom. The van der Waals surface area contributed by atoms with E-state index in [1.807, 2.05) is 0 Å². The first-order valence-corrected chi connectivity index (χ1v) is 7.73. The van der Waals surface area contributed by atoms with Gasteiger partial charge in [-0.05, 0) is 43.2 Å². The molecule has 0 spiro atoms. The lowest BCUT2D eigenvalue weighted by atomic mass is 9.78. The molecule has 21 heavy (non-hydrogen) atoms. The lowest BCUT2D eigenvalue weighted by Gasteiger charge is -2.35. The van der Waals surface area contributed by atoms with Crippen LogP contribution >= 0.6 is 11.6 Å². The van der Waals surface area contributed by atoms with Crippen molar-refractivity contribution >= 4 is 23.1 Å². The highest BCUT2D eigenvalue weighted by Crippen LogP contribution is 2.34. The summed E-state index contributed by atoms with van der Waals surface area (Å²) in [6.07, 6.45) is 4.49. The summed E-state index contributed by atoms with van der Waals surface area (Å²) in [5.41, 5.74) is 0.215. The topological polar surface area (TPSA) is 81.0 Å². The van der Waals surface area contributed by atoms with Crippen LogP contribution in [0.3, 0.4) is 0 Å². The second-order valence-electron chi connectivity index (χ2n) is 5.98. The van der Waals surface area contributed by atoms with E-state index in [0.29, 0.717) is 17.5 Å². The van der Waals surface area contributed by atoms with Crippen LogP contribution < -0.4 is 5.32 Å². The molecule has 1 aliphatic carbocycles. The SMILES string of the molecule is Cc1nc(Cl)nc(NC2CCCCC2C(C)C)c1[N+](=O)[O-]. The Labute approximate surface area is 129 Å². The third kappa shape index (κ3) is 3.61. The maximum absolute atomic E-state index is 11.3. The van der Waals surface area contributed by atoms with E-state index >= 15 is 0 Å². The van der Waals surface area contributed by atoms with Crippen molar-refractivity contribution in [3.63, 3.8) is 0 Å². The summed E-state index contributed by atoms with van der Waals surface area (Å²) in [5, 5.41) is 14.6. The predicted molar refractivity (Wildman–Crippen MR) is 82.6 cm³/mol. The number of rotatable bonds is 4. The number of nitro groups is 1. The number of aryl methyl sites for hydroxylation is 1. The lowest BCUT2D eigenvalue weighted by molar-refractivity contribution is -0.385. The minimum atomic E-state index is -0.443. The fourth-order valence-corrected chi connectivity index (χ4v) is 3.38. The van der Waals surface area contributed by atoms with Crippen LogP contribution in [0.1, 0.15) is 45.2 Å². The zero-order valence-electron chi connectivity index (χ0n) is 12.6. The standard InChI is InChI=1S/C14H21ClN4O2/c1-8(2)10-6-4-5-7-11(10)17-13-12(19(20)21)9(3)16-14(15)18-13/h8,10-11H,4-7H2,1-3H3,(H,16,17,18). The van der Waals surface area contributed by atoms with Gasteiger partial charge in [0.15, 0.2) is 0 Å². The molecule has 7 heteroatoms. The smallest absolute Gasteiger partial charge is 0.332 e. The van der Waals surface area contributed by atoms with Crippen molar-refractivity contribution in [2.75, 3.05) is 5.32 Å². The van der Waals surface area contributed by atoms with Crippen LogP contribution in [-0.4, -0.2) is 20.9 Å². The fraction of sp³-hybridized carbons (Fsp3) is 0.714. The van der Waals surface area contributed by atoms with Gasteiger partial charge in [0.25, 0.3) is 0 Å². The Bertz CT molecular complexity index is 536. The first-order valence-electron chi connectivity index (χ1n) is 7.35. The molecule has 0 amide bonds. The molecule has 2 rings (SSSR count). The van der Waals surface area contributed by atoms with Crippen LogP contribution in [0.25, 0.3) is 0 Å². The maximum atomic E-state index is 11.3. The zero-order chi connectivity index (χ0) is 15.6. The molecule has 1 fully saturated rings. The molecule has 1 saturated carbocycles. The second kappa shape index (κ2) is 6.56. The largest absolute Gasteiger partial charge is 0.361 e. The summed E-state index contributed by atoms with van der Waals surface area (Å²) in [5.74, 6) is 1.27. The number of hydrogen-bond donors (Lipinski definition) is 1. The lowest BCUT2D eigenvalue weighted by Crippen LogP contribution is -2.35. The number of nitrogens with one attached hydrogen (secondary N) is 1. The van der Waals surface area contributed by atoms with E-state index in [2.05, 4.69) is 29.1 Å². The monoisotopic (exact) mass is 312 g/mol. The van der Waals surface area contributed by atoms with Gasteiger partial charge in [-0.1, -0.05) is 26.7 Å². The van der Waals surface area contributed by atoms with E-state index in [9.17, 15) is 10.1 Å². The van der Waals surface area contributed by atoms with Crippen LogP contribution in [0.5, 0.6) is 0 Å². The van der Waals surface area contributed by atoms with E-state index in [1.165, 1.54) is 6.42 Å². The molecular formula is C14H21ClN4O2. The molecule has 0 aliphatic heterocycles. The van der Waals surface area contributed by atoms with Gasteiger partial charge in [0.05, 0.1) is 4.92 Å². The Morgan fingerprint density at radius 2 is 2.00 bits per heavy atom. The second-order valence-corrected chi connectivity index (χ2v) is 6.31. The van der Waals surface area contributed by atoms with Crippen LogP contribution in [-0.2, 0) is 0 Å². The molecule has 0 bridgehead atoms. The molecule has 2 unspecified atom stereocenters. The highest BCUT2D eigenvalue weighted by atomic mass is 35.5. The van der Waals surface area contributed by atoms with Crippen molar-refractivity contribution in [1.29, 1.82) is 0 Å². The van der Waals surface area contributed by atoms with E-state index in [-0.39, 0.29) is 22.8 Å². The Kier molecular flexibility index (Phi) is 4.98. The summed E-state index contributed by atoms with van der Waals surface area (Å²) >= 11 is 5.86. The minimum Gasteiger partial charge on any atom is -0.361 e. The molecule has 1 heterocycles. The summed E-state index contributed by atoms with van der Waals surface area (Å²) in [7, 11) is 0. The molecule has 1 aromatic rings. The summed E-state index contributed by atoms with van der Waals surface area (Å²) in [6, 6.07) is 0.197. The van der Waals surface area contributed by atoms with Gasteiger partial charge in [-0.15, -0.1) is 0 Å². The molecule has 2 atom stereocenters. The predicted octanol–water partition coefficient (Wildman–Crippen LogP) is 3.97. The van der Waals surface area contributed by atoms with E-state index in [1.54, 1.807) is 6.92 Å². The highest BCUT2D eigenvalue weighted by molar-refractivity contribution is 6.28. The van der Waals surface area contributed by atoms with Crippen molar-refractivity contribution < 1.29 is 4.92 Å². The number of nitrogens with zero attached hydrogens (tertiary/aromatic N) is 3. The Morgan fingerprint density at radius 3 is 2.62 bits per heavy atom. The zero-order valence-corrected chi connectivity index (χ0v) is 13.4. The first-order chi connectivity index (χ1) is 9.90. The van der Waals surface area contributed by atoms with Gasteiger partial charge in [-0.25, -0.2) is 4.98 Å². The fourth-order valence-electron chi connectivity index (χ4n) is 3.16. The van der Waals surface area contributed by atoms with Gasteiger partial charge in [-0.2, -0.15) is 4.98 Å². The molecule has 116 valence electrons. The van der Waals surface area contributed by atoms with Gasteiger partial charge in [0.2, 0.25) is 11.1 Å². The number of halogens is 1. The molecule has 6 nitrogen and oxygen atoms in total. The molecule has 1 aliphatic rings. The molecular weight excluding hydrogens is 292 g/mol. The van der Waals surface area contributed by atoms with Crippen molar-refractivity contribution in [2.45, 2.75) is 52.5 Å². The molecule has 0 radical (unpaired) electrons. The van der Waals surface area contributed by atoms with E-state index < -0.39 is 4.92 Å². The highest BCUT2D eigenvalue weighted by Gasteiger charge is 2.31. The average molecular weight is 313 g/mol. The molecule has 0 aromatic carbocycles. The van der Waals surface area contributed by atoms with Crippen molar-refractivity contribution in [3.05, 3.63) is 21.1 Å². The average Bonchev–Trinajstić information content (AvgIpc) is 2.37. The number of anilines is 1. The van der Waals surface area contributed by atoms with Gasteiger partial charge < -0.3 is 5.32 Å². The first kappa shape index (κ1) is 15.9. The number of hydrogen-bond acceptors (Lipinski definition) is 5. The summed E-state index contributed by atoms with van der Waals surface area (Å²) in [4.78, 5) is 18.7. The van der Waals surface area contributed by atoms with Crippen LogP contribution in [0, 0.1) is 28.9 Å². The Hall–Kier alpha value is -1.43. The third-order valence-corrected chi connectivity index (χ3v) is 4.38. The summed E-state index contributed by atoms with van der Waals surface area (Å²) in [6.45, 7) is 5.96. The molecule has 1 N–H and O–H groups in total. The quantitative estimate of drug-likeness (QED) is 0.517. The van der Waals surface area contributed by atoms with Crippen molar-refractivity contribution in [1.82, 2.24) is 9.97 Å². The van der Waals surface area contributed by atoms with Crippen molar-refractivity contribution in [3.8, 4) is 0 Å². The van der Waals surface area contributed by atoms with E-state index in [0.717, 1.165) is 19.3 Å². The maximum Gasteiger partial charge on any atom is 0.332 e. The van der Waals surface area contributed by atoms with Gasteiger partial charge >= 0.3 is 5.69 Å². The number of aromatic nitrogens is 2. The van der Waals surface area contributed by atoms with Crippen molar-refractivity contribution in [2.24, 2.45) is 11.8 Å².